The second-order valence-electron chi connectivity index (χ2n) is 12.8. The van der Waals surface area contributed by atoms with Gasteiger partial charge in [0.05, 0.1) is 5.56 Å². The maximum atomic E-state index is 14.6. The van der Waals surface area contributed by atoms with E-state index in [0.717, 1.165) is 51.4 Å². The summed E-state index contributed by atoms with van der Waals surface area (Å²) in [7, 11) is 1.93. The predicted molar refractivity (Wildman–Crippen MR) is 187 cm³/mol. The van der Waals surface area contributed by atoms with E-state index in [1.54, 1.807) is 4.90 Å². The highest BCUT2D eigenvalue weighted by Crippen LogP contribution is 2.36. The quantitative estimate of drug-likeness (QED) is 0.215. The molecule has 2 aliphatic heterocycles. The van der Waals surface area contributed by atoms with Crippen molar-refractivity contribution in [1.82, 2.24) is 14.4 Å². The first-order valence-electron chi connectivity index (χ1n) is 16.3. The Morgan fingerprint density at radius 3 is 2.02 bits per heavy atom. The molecule has 3 amide bonds. The summed E-state index contributed by atoms with van der Waals surface area (Å²) in [5.74, 6) is -0.278. The molecule has 0 bridgehead atoms. The number of fused-ring (bicyclic) bond motifs is 2. The van der Waals surface area contributed by atoms with E-state index in [0.29, 0.717) is 30.6 Å². The van der Waals surface area contributed by atoms with Crippen LogP contribution in [0.25, 0.3) is 11.3 Å². The van der Waals surface area contributed by atoms with Crippen LogP contribution in [0.1, 0.15) is 55.6 Å². The first kappa shape index (κ1) is 31.0. The minimum Gasteiger partial charge on any atom is -0.465 e. The molecule has 8 nitrogen and oxygen atoms in total. The third-order valence-corrected chi connectivity index (χ3v) is 9.89. The zero-order valence-corrected chi connectivity index (χ0v) is 27.4. The van der Waals surface area contributed by atoms with Gasteiger partial charge in [-0.2, -0.15) is 0 Å². The molecule has 0 saturated heterocycles. The van der Waals surface area contributed by atoms with Gasteiger partial charge in [-0.25, -0.2) is 4.79 Å². The predicted octanol–water partition coefficient (Wildman–Crippen LogP) is 7.60. The average Bonchev–Trinajstić information content (AvgIpc) is 3.41. The van der Waals surface area contributed by atoms with Crippen molar-refractivity contribution in [3.8, 4) is 11.3 Å². The largest absolute Gasteiger partial charge is 0.465 e. The minimum atomic E-state index is -0.971. The molecule has 0 fully saturated rings. The smallest absolute Gasteiger partial charge is 0.407 e. The molecule has 1 aromatic heterocycles. The van der Waals surface area contributed by atoms with Gasteiger partial charge in [0.2, 0.25) is 0 Å². The molecule has 242 valence electrons. The van der Waals surface area contributed by atoms with Gasteiger partial charge in [0, 0.05) is 66.6 Å². The average molecular weight is 639 g/mol. The third-order valence-electron chi connectivity index (χ3n) is 9.89. The molecule has 0 radical (unpaired) electrons. The number of para-hydroxylation sites is 2. The van der Waals surface area contributed by atoms with E-state index >= 15 is 0 Å². The van der Waals surface area contributed by atoms with Gasteiger partial charge < -0.3 is 19.5 Å². The van der Waals surface area contributed by atoms with Gasteiger partial charge in [-0.3, -0.25) is 14.5 Å². The molecule has 4 aromatic carbocycles. The van der Waals surface area contributed by atoms with Crippen LogP contribution in [0.15, 0.2) is 103 Å². The maximum Gasteiger partial charge on any atom is 0.407 e. The summed E-state index contributed by atoms with van der Waals surface area (Å²) in [4.78, 5) is 46.1. The van der Waals surface area contributed by atoms with Gasteiger partial charge in [-0.1, -0.05) is 60.7 Å². The lowest BCUT2D eigenvalue weighted by Crippen LogP contribution is -2.43. The van der Waals surface area contributed by atoms with Crippen molar-refractivity contribution in [2.24, 2.45) is 7.05 Å². The minimum absolute atomic E-state index is 0.0237. The summed E-state index contributed by atoms with van der Waals surface area (Å²) in [6.07, 6.45) is 0.328. The van der Waals surface area contributed by atoms with Gasteiger partial charge in [-0.05, 0) is 91.4 Å². The SMILES string of the molecule is Cc1c(C(=O)N(c2ccccc2)c2ccccc2)cc(-c2cc3c(cc2C(=O)N2Cc4ccccc4C[C@H]2C)CN(C(=O)O)CC3)n1C. The van der Waals surface area contributed by atoms with Crippen molar-refractivity contribution in [2.45, 2.75) is 45.8 Å². The molecule has 1 atom stereocenters. The van der Waals surface area contributed by atoms with Gasteiger partial charge in [0.15, 0.2) is 0 Å². The van der Waals surface area contributed by atoms with Gasteiger partial charge in [0.25, 0.3) is 11.8 Å². The van der Waals surface area contributed by atoms with Crippen LogP contribution in [0.4, 0.5) is 16.2 Å². The Bertz CT molecular complexity index is 2000. The molecule has 7 rings (SSSR count). The van der Waals surface area contributed by atoms with Crippen LogP contribution < -0.4 is 4.90 Å². The van der Waals surface area contributed by atoms with Crippen LogP contribution in [0.5, 0.6) is 0 Å². The molecular weight excluding hydrogens is 600 g/mol. The lowest BCUT2D eigenvalue weighted by Gasteiger charge is -2.36. The summed E-state index contributed by atoms with van der Waals surface area (Å²) in [6, 6.07) is 33.2. The second kappa shape index (κ2) is 12.5. The van der Waals surface area contributed by atoms with E-state index in [-0.39, 0.29) is 24.4 Å². The van der Waals surface area contributed by atoms with Crippen molar-refractivity contribution < 1.29 is 19.5 Å². The van der Waals surface area contributed by atoms with Crippen molar-refractivity contribution >= 4 is 29.3 Å². The summed E-state index contributed by atoms with van der Waals surface area (Å²) in [5, 5.41) is 9.75. The number of carbonyl (C=O) groups is 3. The Labute approximate surface area is 280 Å². The fourth-order valence-corrected chi connectivity index (χ4v) is 7.10. The number of rotatable bonds is 5. The van der Waals surface area contributed by atoms with E-state index in [2.05, 4.69) is 19.1 Å². The molecule has 0 unspecified atom stereocenters. The molecule has 0 spiro atoms. The number of amides is 3. The fraction of sp³-hybridized carbons (Fsp3) is 0.225. The van der Waals surface area contributed by atoms with E-state index in [9.17, 15) is 19.5 Å². The number of hydrogen-bond acceptors (Lipinski definition) is 3. The Balaban J connectivity index is 1.34. The lowest BCUT2D eigenvalue weighted by molar-refractivity contribution is 0.0658. The zero-order valence-electron chi connectivity index (χ0n) is 27.4. The van der Waals surface area contributed by atoms with Crippen molar-refractivity contribution in [1.29, 1.82) is 0 Å². The number of aromatic nitrogens is 1. The number of carboxylic acid groups (broad SMARTS) is 1. The number of carbonyl (C=O) groups excluding carboxylic acids is 2. The van der Waals surface area contributed by atoms with E-state index in [1.165, 1.54) is 10.5 Å². The molecule has 0 aliphatic carbocycles. The summed E-state index contributed by atoms with van der Waals surface area (Å²) in [6.45, 7) is 5.10. The summed E-state index contributed by atoms with van der Waals surface area (Å²) in [5.41, 5.74) is 9.06. The number of hydrogen-bond donors (Lipinski definition) is 1. The highest BCUT2D eigenvalue weighted by molar-refractivity contribution is 6.12. The number of nitrogens with zero attached hydrogens (tertiary/aromatic N) is 4. The van der Waals surface area contributed by atoms with Crippen LogP contribution in [-0.2, 0) is 33.0 Å². The summed E-state index contributed by atoms with van der Waals surface area (Å²) < 4.78 is 1.99. The van der Waals surface area contributed by atoms with Gasteiger partial charge in [-0.15, -0.1) is 0 Å². The molecule has 1 N–H and O–H groups in total. The highest BCUT2D eigenvalue weighted by atomic mass is 16.4. The molecule has 0 saturated carbocycles. The van der Waals surface area contributed by atoms with Crippen LogP contribution in [-0.4, -0.2) is 50.0 Å². The Hall–Kier alpha value is -5.63. The monoisotopic (exact) mass is 638 g/mol. The van der Waals surface area contributed by atoms with E-state index in [4.69, 9.17) is 0 Å². The third kappa shape index (κ3) is 5.53. The molecule has 2 aliphatic rings. The van der Waals surface area contributed by atoms with Crippen molar-refractivity contribution in [3.63, 3.8) is 0 Å². The van der Waals surface area contributed by atoms with Crippen LogP contribution in [0.2, 0.25) is 0 Å². The van der Waals surface area contributed by atoms with E-state index in [1.807, 2.05) is 114 Å². The van der Waals surface area contributed by atoms with Crippen molar-refractivity contribution in [3.05, 3.63) is 142 Å². The molecule has 48 heavy (non-hydrogen) atoms. The highest BCUT2D eigenvalue weighted by Gasteiger charge is 2.32. The van der Waals surface area contributed by atoms with Gasteiger partial charge >= 0.3 is 6.09 Å². The first-order valence-corrected chi connectivity index (χ1v) is 16.3. The topological polar surface area (TPSA) is 86.1 Å². The normalized spacial score (nSPS) is 15.4. The van der Waals surface area contributed by atoms with Crippen LogP contribution in [0.3, 0.4) is 0 Å². The zero-order chi connectivity index (χ0) is 33.5. The van der Waals surface area contributed by atoms with Crippen LogP contribution >= 0.6 is 0 Å². The standard InChI is InChI=1S/C40H38N4O4/c1-26-20-28-12-10-11-13-30(28)25-43(26)38(45)36-22-31-24-42(40(47)48)19-18-29(31)21-35(36)37-23-34(27(2)41(37)3)39(46)44(32-14-6-4-7-15-32)33-16-8-5-9-17-33/h4-17,21-23,26H,18-20,24-25H2,1-3H3,(H,47,48)/t26-/m1/s1. The molecule has 8 heteroatoms. The van der Waals surface area contributed by atoms with Crippen LogP contribution in [0, 0.1) is 6.92 Å². The fourth-order valence-electron chi connectivity index (χ4n) is 7.10. The molecular formula is C40H38N4O4. The lowest BCUT2D eigenvalue weighted by atomic mass is 9.90. The number of benzene rings is 4. The first-order chi connectivity index (χ1) is 23.2. The Morgan fingerprint density at radius 1 is 0.750 bits per heavy atom. The summed E-state index contributed by atoms with van der Waals surface area (Å²) >= 11 is 0. The second-order valence-corrected chi connectivity index (χ2v) is 12.8. The molecule has 3 heterocycles. The molecule has 5 aromatic rings. The maximum absolute atomic E-state index is 14.6. The van der Waals surface area contributed by atoms with Gasteiger partial charge in [0.1, 0.15) is 0 Å². The Kier molecular flexibility index (Phi) is 8.09. The van der Waals surface area contributed by atoms with Crippen molar-refractivity contribution in [2.75, 3.05) is 11.4 Å². The number of anilines is 2. The van der Waals surface area contributed by atoms with E-state index < -0.39 is 6.09 Å². The Morgan fingerprint density at radius 2 is 1.38 bits per heavy atom.